The monoisotopic (exact) mass is 306 g/mol. The van der Waals surface area contributed by atoms with Gasteiger partial charge < -0.3 is 20.7 Å². The predicted molar refractivity (Wildman–Crippen MR) is 64.6 cm³/mol. The van der Waals surface area contributed by atoms with Crippen LogP contribution in [0.1, 0.15) is 6.23 Å². The van der Waals surface area contributed by atoms with Gasteiger partial charge in [0.25, 0.3) is 0 Å². The van der Waals surface area contributed by atoms with Crippen LogP contribution in [0.3, 0.4) is 0 Å². The molecule has 0 aromatic carbocycles. The van der Waals surface area contributed by atoms with Gasteiger partial charge in [-0.05, 0) is 6.07 Å². The highest BCUT2D eigenvalue weighted by molar-refractivity contribution is 7.32. The molecule has 5 atom stereocenters. The first kappa shape index (κ1) is 15.0. The minimum Gasteiger partial charge on any atom is -0.394 e. The summed E-state index contributed by atoms with van der Waals surface area (Å²) in [6.45, 7) is -0.557. The van der Waals surface area contributed by atoms with E-state index in [0.29, 0.717) is 0 Å². The fourth-order valence-corrected chi connectivity index (χ4v) is 2.42. The largest absolute Gasteiger partial charge is 0.695 e. The molecule has 20 heavy (non-hydrogen) atoms. The molecule has 10 nitrogen and oxygen atoms in total. The van der Waals surface area contributed by atoms with Crippen molar-refractivity contribution in [3.8, 4) is 0 Å². The molecule has 1 saturated heterocycles. The maximum Gasteiger partial charge on any atom is 0.695 e. The van der Waals surface area contributed by atoms with E-state index in [0.717, 1.165) is 4.57 Å². The van der Waals surface area contributed by atoms with Gasteiger partial charge in [-0.25, -0.2) is 4.79 Å². The number of anilines is 1. The van der Waals surface area contributed by atoms with E-state index < -0.39 is 45.1 Å². The van der Waals surface area contributed by atoms with Crippen LogP contribution in [0.2, 0.25) is 0 Å². The summed E-state index contributed by atoms with van der Waals surface area (Å²) >= 11 is 0. The van der Waals surface area contributed by atoms with E-state index in [9.17, 15) is 14.5 Å². The van der Waals surface area contributed by atoms with E-state index in [4.69, 9.17) is 20.5 Å². The first-order valence-electron chi connectivity index (χ1n) is 5.56. The molecular formula is C9H13N3O7P+. The van der Waals surface area contributed by atoms with Crippen molar-refractivity contribution in [1.82, 2.24) is 9.55 Å². The molecule has 0 spiro atoms. The zero-order chi connectivity index (χ0) is 14.9. The Morgan fingerprint density at radius 1 is 1.60 bits per heavy atom. The summed E-state index contributed by atoms with van der Waals surface area (Å²) in [5.74, 6) is 0.00341. The number of nitrogens with zero attached hydrogens (tertiary/aromatic N) is 2. The van der Waals surface area contributed by atoms with Crippen molar-refractivity contribution in [3.63, 3.8) is 0 Å². The summed E-state index contributed by atoms with van der Waals surface area (Å²) in [5.41, 5.74) is 4.58. The highest BCUT2D eigenvalue weighted by Crippen LogP contribution is 2.34. The molecule has 2 heterocycles. The van der Waals surface area contributed by atoms with Crippen LogP contribution >= 0.6 is 8.25 Å². The van der Waals surface area contributed by atoms with E-state index >= 15 is 0 Å². The Hall–Kier alpha value is -1.42. The third-order valence-electron chi connectivity index (χ3n) is 2.83. The zero-order valence-corrected chi connectivity index (χ0v) is 11.0. The Kier molecular flexibility index (Phi) is 4.43. The summed E-state index contributed by atoms with van der Waals surface area (Å²) in [5, 5.41) is 19.2. The van der Waals surface area contributed by atoms with Gasteiger partial charge in [-0.15, -0.1) is 9.42 Å². The Balaban J connectivity index is 2.29. The number of aliphatic hydroxyl groups excluding tert-OH is 2. The van der Waals surface area contributed by atoms with Crippen molar-refractivity contribution >= 4 is 14.1 Å². The molecule has 0 aliphatic carbocycles. The number of hydrogen-bond acceptors (Lipinski definition) is 8. The van der Waals surface area contributed by atoms with Gasteiger partial charge in [-0.2, -0.15) is 4.98 Å². The normalized spacial score (nSPS) is 30.4. The van der Waals surface area contributed by atoms with Crippen LogP contribution in [-0.4, -0.2) is 49.6 Å². The molecule has 1 aliphatic heterocycles. The van der Waals surface area contributed by atoms with Crippen molar-refractivity contribution in [2.45, 2.75) is 24.5 Å². The lowest BCUT2D eigenvalue weighted by Gasteiger charge is -2.16. The lowest BCUT2D eigenvalue weighted by molar-refractivity contribution is -0.0544. The maximum atomic E-state index is 11.7. The smallest absolute Gasteiger partial charge is 0.394 e. The third kappa shape index (κ3) is 2.85. The van der Waals surface area contributed by atoms with Crippen LogP contribution in [0, 0.1) is 0 Å². The first-order chi connectivity index (χ1) is 9.43. The molecule has 0 amide bonds. The first-order valence-corrected chi connectivity index (χ1v) is 6.69. The van der Waals surface area contributed by atoms with Gasteiger partial charge in [-0.3, -0.25) is 4.57 Å². The van der Waals surface area contributed by atoms with Gasteiger partial charge in [0, 0.05) is 10.8 Å². The van der Waals surface area contributed by atoms with E-state index in [1.807, 2.05) is 0 Å². The van der Waals surface area contributed by atoms with Gasteiger partial charge in [0.2, 0.25) is 0 Å². The van der Waals surface area contributed by atoms with Gasteiger partial charge in [0.05, 0.1) is 6.61 Å². The van der Waals surface area contributed by atoms with Gasteiger partial charge in [0.1, 0.15) is 18.0 Å². The van der Waals surface area contributed by atoms with Crippen LogP contribution in [0.5, 0.6) is 0 Å². The molecule has 1 aromatic heterocycles. The van der Waals surface area contributed by atoms with E-state index in [1.54, 1.807) is 0 Å². The second-order valence-electron chi connectivity index (χ2n) is 4.09. The summed E-state index contributed by atoms with van der Waals surface area (Å²) in [6, 6.07) is 1.33. The molecule has 110 valence electrons. The molecule has 1 aliphatic rings. The fraction of sp³-hybridized carbons (Fsp3) is 0.556. The number of aliphatic hydroxyl groups is 2. The number of aromatic nitrogens is 2. The maximum absolute atomic E-state index is 11.7. The number of nitrogen functional groups attached to an aromatic ring is 1. The van der Waals surface area contributed by atoms with E-state index in [-0.39, 0.29) is 5.82 Å². The number of nitrogens with two attached hydrogens (primary N) is 1. The topological polar surface area (TPSA) is 157 Å². The summed E-state index contributed by atoms with van der Waals surface area (Å²) in [4.78, 5) is 23.9. The van der Waals surface area contributed by atoms with Crippen molar-refractivity contribution in [2.24, 2.45) is 0 Å². The molecule has 1 fully saturated rings. The Bertz CT molecular complexity index is 565. The fourth-order valence-electron chi connectivity index (χ4n) is 1.95. The minimum absolute atomic E-state index is 0.00341. The van der Waals surface area contributed by atoms with Gasteiger partial charge in [-0.1, -0.05) is 0 Å². The lowest BCUT2D eigenvalue weighted by Crippen LogP contribution is -2.36. The predicted octanol–water partition coefficient (Wildman–Crippen LogP) is -1.89. The second-order valence-corrected chi connectivity index (χ2v) is 4.77. The van der Waals surface area contributed by atoms with Crippen LogP contribution in [0.4, 0.5) is 5.82 Å². The highest BCUT2D eigenvalue weighted by Gasteiger charge is 2.49. The summed E-state index contributed by atoms with van der Waals surface area (Å²) in [6.07, 6.45) is -3.67. The molecule has 5 unspecified atom stereocenters. The van der Waals surface area contributed by atoms with Crippen LogP contribution < -0.4 is 11.4 Å². The second kappa shape index (κ2) is 5.92. The van der Waals surface area contributed by atoms with Gasteiger partial charge >= 0.3 is 13.9 Å². The Morgan fingerprint density at radius 3 is 2.85 bits per heavy atom. The van der Waals surface area contributed by atoms with Crippen molar-refractivity contribution in [3.05, 3.63) is 22.7 Å². The molecule has 0 saturated carbocycles. The standard InChI is InChI=1S/C9H12N3O7P/c10-5-1-2-12(9(15)11-5)8-6(14)7(19-20(16)17)4(3-13)18-8/h1-2,4,6-8,13-14H,3H2,(H2-,10,11,15,16,17)/p+1. The van der Waals surface area contributed by atoms with Crippen molar-refractivity contribution in [1.29, 1.82) is 0 Å². The van der Waals surface area contributed by atoms with Crippen LogP contribution in [0.15, 0.2) is 17.1 Å². The molecule has 2 rings (SSSR count). The molecule has 1 aromatic rings. The molecule has 0 bridgehead atoms. The van der Waals surface area contributed by atoms with Crippen molar-refractivity contribution in [2.75, 3.05) is 12.3 Å². The SMILES string of the molecule is Nc1ccn(C2OC(CO)C(O[P+](=O)O)C2O)c(=O)n1. The van der Waals surface area contributed by atoms with E-state index in [2.05, 4.69) is 9.51 Å². The Morgan fingerprint density at radius 2 is 2.30 bits per heavy atom. The Labute approximate surface area is 113 Å². The highest BCUT2D eigenvalue weighted by atomic mass is 31.1. The number of ether oxygens (including phenoxy) is 1. The number of rotatable bonds is 4. The molecule has 11 heteroatoms. The van der Waals surface area contributed by atoms with Crippen LogP contribution in [0.25, 0.3) is 0 Å². The van der Waals surface area contributed by atoms with Crippen molar-refractivity contribution < 1.29 is 28.9 Å². The molecule has 0 radical (unpaired) electrons. The zero-order valence-electron chi connectivity index (χ0n) is 10.1. The average molecular weight is 306 g/mol. The number of hydrogen-bond donors (Lipinski definition) is 4. The van der Waals surface area contributed by atoms with Gasteiger partial charge in [0.15, 0.2) is 12.3 Å². The minimum atomic E-state index is -3.00. The molecule has 5 N–H and O–H groups in total. The summed E-state index contributed by atoms with van der Waals surface area (Å²) < 4.78 is 21.5. The third-order valence-corrected chi connectivity index (χ3v) is 3.25. The molecular weight excluding hydrogens is 293 g/mol. The van der Waals surface area contributed by atoms with E-state index in [1.165, 1.54) is 12.3 Å². The lowest BCUT2D eigenvalue weighted by atomic mass is 10.1. The average Bonchev–Trinajstić information content (AvgIpc) is 2.67. The van der Waals surface area contributed by atoms with Crippen LogP contribution in [-0.2, 0) is 13.8 Å². The quantitative estimate of drug-likeness (QED) is 0.467. The summed E-state index contributed by atoms with van der Waals surface area (Å²) in [7, 11) is -3.00.